The Hall–Kier alpha value is 1.04. The van der Waals surface area contributed by atoms with Crippen molar-refractivity contribution in [2.75, 3.05) is 7.11 Å². The molecule has 1 aliphatic carbocycles. The van der Waals surface area contributed by atoms with E-state index in [1.165, 1.54) is 0 Å². The first-order chi connectivity index (χ1) is 21.2. The molecule has 4 fully saturated rings. The van der Waals surface area contributed by atoms with Gasteiger partial charge in [0.1, 0.15) is 12.2 Å². The van der Waals surface area contributed by atoms with E-state index in [0.717, 1.165) is 12.8 Å². The molecule has 3 saturated heterocycles. The molecular formula is C35H64AcO10. The Morgan fingerprint density at radius 2 is 1.33 bits per heavy atom. The summed E-state index contributed by atoms with van der Waals surface area (Å²) in [5, 5.41) is 33.5. The Kier molecular flexibility index (Phi) is 15.4. The number of methoxy groups -OCH3 is 1. The van der Waals surface area contributed by atoms with Gasteiger partial charge in [-0.1, -0.05) is 61.8 Å². The summed E-state index contributed by atoms with van der Waals surface area (Å²) in [7, 11) is 1.70. The molecule has 10 nitrogen and oxygen atoms in total. The van der Waals surface area contributed by atoms with Crippen molar-refractivity contribution < 1.29 is 92.5 Å². The van der Waals surface area contributed by atoms with Crippen molar-refractivity contribution in [1.29, 1.82) is 0 Å². The number of hydrogen-bond donors (Lipinski definition) is 3. The zero-order chi connectivity index (χ0) is 33.5. The van der Waals surface area contributed by atoms with Crippen molar-refractivity contribution in [2.45, 2.75) is 175 Å². The molecule has 3 aliphatic heterocycles. The summed E-state index contributed by atoms with van der Waals surface area (Å²) >= 11 is 0. The molecule has 0 aromatic rings. The van der Waals surface area contributed by atoms with E-state index in [1.54, 1.807) is 7.11 Å². The van der Waals surface area contributed by atoms with Crippen LogP contribution in [0.5, 0.6) is 0 Å². The first-order valence-corrected chi connectivity index (χ1v) is 17.7. The molecule has 0 bridgehead atoms. The Labute approximate surface area is 313 Å². The van der Waals surface area contributed by atoms with E-state index in [9.17, 15) is 15.3 Å². The Bertz CT molecular complexity index is 943. The van der Waals surface area contributed by atoms with E-state index in [-0.39, 0.29) is 116 Å². The van der Waals surface area contributed by atoms with E-state index < -0.39 is 48.9 Å². The first kappa shape index (κ1) is 41.5. The van der Waals surface area contributed by atoms with Gasteiger partial charge < -0.3 is 48.5 Å². The molecule has 4 aliphatic rings. The summed E-state index contributed by atoms with van der Waals surface area (Å²) in [5.41, 5.74) is -0.555. The first-order valence-electron chi connectivity index (χ1n) is 17.7. The molecule has 0 aromatic carbocycles. The molecule has 3 heterocycles. The van der Waals surface area contributed by atoms with Gasteiger partial charge in [0.2, 0.25) is 0 Å². The minimum absolute atomic E-state index is 0. The van der Waals surface area contributed by atoms with Crippen LogP contribution < -0.4 is 0 Å². The van der Waals surface area contributed by atoms with Gasteiger partial charge in [-0.25, -0.2) is 0 Å². The van der Waals surface area contributed by atoms with Crippen LogP contribution in [0, 0.1) is 85.5 Å². The van der Waals surface area contributed by atoms with Crippen molar-refractivity contribution in [2.24, 2.45) is 41.4 Å². The zero-order valence-electron chi connectivity index (χ0n) is 30.4. The molecule has 10 unspecified atom stereocenters. The van der Waals surface area contributed by atoms with Crippen LogP contribution >= 0.6 is 0 Å². The second-order valence-electron chi connectivity index (χ2n) is 14.9. The monoisotopic (exact) mass is 871 g/mol. The minimum atomic E-state index is -1.02. The second-order valence-corrected chi connectivity index (χ2v) is 14.9. The summed E-state index contributed by atoms with van der Waals surface area (Å²) in [5.74, 6) is -0.261. The molecule has 1 radical (unpaired) electrons. The van der Waals surface area contributed by atoms with E-state index in [4.69, 9.17) is 33.2 Å². The third kappa shape index (κ3) is 8.07. The number of aliphatic hydroxyl groups is 3. The smallest absolute Gasteiger partial charge is 0.163 e. The fourth-order valence-corrected chi connectivity index (χ4v) is 8.53. The molecule has 3 N–H and O–H groups in total. The quantitative estimate of drug-likeness (QED) is 0.242. The number of aliphatic hydroxyl groups excluding tert-OH is 3. The Morgan fingerprint density at radius 3 is 1.89 bits per heavy atom. The number of rotatable bonds is 12. The predicted molar refractivity (Wildman–Crippen MR) is 169 cm³/mol. The van der Waals surface area contributed by atoms with Crippen LogP contribution in [0.3, 0.4) is 0 Å². The van der Waals surface area contributed by atoms with Gasteiger partial charge in [-0.05, 0) is 45.4 Å². The molecule has 20 atom stereocenters. The van der Waals surface area contributed by atoms with Crippen LogP contribution in [0.1, 0.15) is 95.4 Å². The van der Waals surface area contributed by atoms with Gasteiger partial charge in [-0.3, -0.25) is 0 Å². The number of hydrogen-bond acceptors (Lipinski definition) is 10. The maximum Gasteiger partial charge on any atom is 0.163 e. The van der Waals surface area contributed by atoms with Crippen LogP contribution in [0.2, 0.25) is 0 Å². The third-order valence-corrected chi connectivity index (χ3v) is 12.2. The largest absolute Gasteiger partial charge is 0.390 e. The van der Waals surface area contributed by atoms with Crippen LogP contribution in [-0.4, -0.2) is 102 Å². The SMILES string of the molecule is CCC1O[C@H](C)C(C)C(OC)[C@@H]1O[C@@H](O)C(C)[C@@H]1[C@H](CC)C1(C)O[C@@H]1OC(CC)[C@H](O[C@H]2OC(C)[C@@H](O)C(C)C2C)[C@H](O)C1C.[Ac]. The Morgan fingerprint density at radius 1 is 0.717 bits per heavy atom. The van der Waals surface area contributed by atoms with Crippen LogP contribution in [0.4, 0.5) is 0 Å². The molecule has 0 amide bonds. The summed E-state index contributed by atoms with van der Waals surface area (Å²) in [6.07, 6.45) is -3.35. The molecule has 4 rings (SSSR count). The van der Waals surface area contributed by atoms with Crippen LogP contribution in [0.15, 0.2) is 0 Å². The summed E-state index contributed by atoms with van der Waals surface area (Å²) in [4.78, 5) is 0. The maximum absolute atomic E-state index is 11.6. The number of ether oxygens (including phenoxy) is 7. The van der Waals surface area contributed by atoms with Gasteiger partial charge in [0.05, 0.1) is 48.3 Å². The minimum Gasteiger partial charge on any atom is -0.390 e. The fourth-order valence-electron chi connectivity index (χ4n) is 8.53. The molecule has 0 spiro atoms. The van der Waals surface area contributed by atoms with Crippen LogP contribution in [0.25, 0.3) is 0 Å². The molecule has 11 heteroatoms. The summed E-state index contributed by atoms with van der Waals surface area (Å²) in [6, 6.07) is 0. The normalized spacial score (nSPS) is 50.8. The molecule has 0 aromatic heterocycles. The van der Waals surface area contributed by atoms with Crippen molar-refractivity contribution in [3.8, 4) is 0 Å². The maximum atomic E-state index is 11.6. The zero-order valence-corrected chi connectivity index (χ0v) is 35.1. The van der Waals surface area contributed by atoms with E-state index >= 15 is 0 Å². The van der Waals surface area contributed by atoms with Crippen LogP contribution in [-0.2, 0) is 33.2 Å². The van der Waals surface area contributed by atoms with E-state index in [1.807, 2.05) is 41.5 Å². The van der Waals surface area contributed by atoms with Crippen molar-refractivity contribution in [3.05, 3.63) is 0 Å². The van der Waals surface area contributed by atoms with Crippen molar-refractivity contribution in [3.63, 3.8) is 0 Å². The summed E-state index contributed by atoms with van der Waals surface area (Å²) in [6.45, 7) is 22.3. The third-order valence-electron chi connectivity index (χ3n) is 12.2. The van der Waals surface area contributed by atoms with Gasteiger partial charge >= 0.3 is 0 Å². The Balaban J connectivity index is 0.00000576. The van der Waals surface area contributed by atoms with Gasteiger partial charge in [0.15, 0.2) is 18.9 Å². The molecular weight excluding hydrogens is 807 g/mol. The van der Waals surface area contributed by atoms with Gasteiger partial charge in [0.25, 0.3) is 0 Å². The average molecular weight is 872 g/mol. The molecule has 46 heavy (non-hydrogen) atoms. The van der Waals surface area contributed by atoms with Gasteiger partial charge in [-0.2, -0.15) is 0 Å². The van der Waals surface area contributed by atoms with Gasteiger partial charge in [0, 0.05) is 80.8 Å². The van der Waals surface area contributed by atoms with Crippen molar-refractivity contribution in [1.82, 2.24) is 0 Å². The van der Waals surface area contributed by atoms with E-state index in [0.29, 0.717) is 6.42 Å². The average Bonchev–Trinajstić information content (AvgIpc) is 3.62. The predicted octanol–water partition coefficient (Wildman–Crippen LogP) is 4.50. The standard InChI is InChI=1S/C35H64O10.Ac/c1-13-23-26(19(7)32(38)43-31-25(15-3)40-21(9)18(6)29(31)39-12)35(23,11)45-34-20(8)28(37)30(24(14-2)42-34)44-33-17(5)16(4)27(36)22(10)41-33;/h16-34,36-38H,13-15H2,1-12H3;/t16?,17?,18?,19?,20?,21-,22?,23+,24?,25?,26-,27+,28-,29?,30+,31-,32-,33-,34+,35?;/m1./s1. The topological polar surface area (TPSA) is 125 Å². The van der Waals surface area contributed by atoms with E-state index in [2.05, 4.69) is 34.6 Å². The second kappa shape index (κ2) is 17.0. The summed E-state index contributed by atoms with van der Waals surface area (Å²) < 4.78 is 44.3. The van der Waals surface area contributed by atoms with Gasteiger partial charge in [-0.15, -0.1) is 0 Å². The molecule has 1 saturated carbocycles. The van der Waals surface area contributed by atoms with Crippen molar-refractivity contribution >= 4 is 0 Å². The fraction of sp³-hybridized carbons (Fsp3) is 1.00. The molecule has 267 valence electrons.